The van der Waals surface area contributed by atoms with Gasteiger partial charge in [-0.2, -0.15) is 0 Å². The highest BCUT2D eigenvalue weighted by Gasteiger charge is 2.36. The van der Waals surface area contributed by atoms with Crippen LogP contribution < -0.4 is 24.0 Å². The van der Waals surface area contributed by atoms with Crippen LogP contribution in [0.15, 0.2) is 60.7 Å². The quantitative estimate of drug-likeness (QED) is 0.232. The van der Waals surface area contributed by atoms with Crippen LogP contribution >= 0.6 is 7.26 Å². The molecule has 2 aromatic rings. The van der Waals surface area contributed by atoms with Crippen molar-refractivity contribution in [3.05, 3.63) is 71.8 Å². The van der Waals surface area contributed by atoms with Crippen LogP contribution in [0.4, 0.5) is 0 Å². The first kappa shape index (κ1) is 23.6. The summed E-state index contributed by atoms with van der Waals surface area (Å²) < 4.78 is 0. The molecule has 0 unspecified atom stereocenters. The van der Waals surface area contributed by atoms with Crippen LogP contribution in [0.5, 0.6) is 0 Å². The molecule has 0 atom stereocenters. The lowest BCUT2D eigenvalue weighted by Gasteiger charge is -2.28. The van der Waals surface area contributed by atoms with Gasteiger partial charge in [-0.05, 0) is 24.0 Å². The Balaban J connectivity index is 0.00000338. The zero-order chi connectivity index (χ0) is 17.8. The first-order valence-electron chi connectivity index (χ1n) is 10.2. The Hall–Kier alpha value is -0.400. The Morgan fingerprint density at radius 3 is 1.31 bits per heavy atom. The number of hydrogen-bond acceptors (Lipinski definition) is 0. The van der Waals surface area contributed by atoms with E-state index in [1.165, 1.54) is 63.2 Å². The van der Waals surface area contributed by atoms with Crippen LogP contribution in [0.3, 0.4) is 0 Å². The predicted octanol–water partition coefficient (Wildman–Crippen LogP) is 4.79. The van der Waals surface area contributed by atoms with E-state index in [1.54, 1.807) is 11.1 Å². The molecule has 0 N–H and O–H groups in total. The highest BCUT2D eigenvalue weighted by atomic mass is 127. The van der Waals surface area contributed by atoms with Crippen molar-refractivity contribution in [3.8, 4) is 0 Å². The van der Waals surface area contributed by atoms with Gasteiger partial charge in [0.1, 0.15) is 0 Å². The third kappa shape index (κ3) is 8.53. The lowest BCUT2D eigenvalue weighted by molar-refractivity contribution is -0.00000547. The third-order valence-corrected chi connectivity index (χ3v) is 9.80. The molecule has 0 amide bonds. The Bertz CT molecular complexity index is 514. The summed E-state index contributed by atoms with van der Waals surface area (Å²) in [6.07, 6.45) is 13.8. The van der Waals surface area contributed by atoms with Crippen LogP contribution in [0.2, 0.25) is 0 Å². The Morgan fingerprint density at radius 2 is 0.962 bits per heavy atom. The molecular weight excluding hydrogens is 446 g/mol. The van der Waals surface area contributed by atoms with Gasteiger partial charge in [0.15, 0.2) is 0 Å². The van der Waals surface area contributed by atoms with E-state index in [2.05, 4.69) is 74.5 Å². The van der Waals surface area contributed by atoms with Gasteiger partial charge in [-0.25, -0.2) is 0 Å². The standard InChI is InChI=1S/C24H36P.HI/c1-3-5-13-19-25(20-14-6-4-2,21-23-15-9-7-10-16-23)22-24-17-11-8-12-18-24;/h7-12,15-18H,3-6,13-14,19-22H2,1-2H3;1H/q+1;/p-1. The molecule has 0 saturated carbocycles. The maximum atomic E-state index is 2.35. The molecule has 2 aromatic carbocycles. The monoisotopic (exact) mass is 482 g/mol. The molecule has 0 aliphatic carbocycles. The number of hydrogen-bond donors (Lipinski definition) is 0. The van der Waals surface area contributed by atoms with Crippen LogP contribution in [0, 0.1) is 0 Å². The van der Waals surface area contributed by atoms with Gasteiger partial charge >= 0.3 is 0 Å². The van der Waals surface area contributed by atoms with Crippen molar-refractivity contribution in [2.24, 2.45) is 0 Å². The topological polar surface area (TPSA) is 0 Å². The van der Waals surface area contributed by atoms with Crippen molar-refractivity contribution in [1.82, 2.24) is 0 Å². The molecule has 0 aliphatic rings. The van der Waals surface area contributed by atoms with Gasteiger partial charge in [0.05, 0.1) is 24.6 Å². The summed E-state index contributed by atoms with van der Waals surface area (Å²) >= 11 is 0. The smallest absolute Gasteiger partial charge is 0.0846 e. The van der Waals surface area contributed by atoms with Crippen LogP contribution in [0.25, 0.3) is 0 Å². The third-order valence-electron chi connectivity index (χ3n) is 5.19. The molecule has 0 fully saturated rings. The minimum absolute atomic E-state index is 0. The fraction of sp³-hybridized carbons (Fsp3) is 0.500. The molecule has 144 valence electrons. The summed E-state index contributed by atoms with van der Waals surface area (Å²) in [7, 11) is -0.999. The second-order valence-corrected chi connectivity index (χ2v) is 11.7. The molecule has 2 heteroatoms. The van der Waals surface area contributed by atoms with E-state index in [0.717, 1.165) is 0 Å². The zero-order valence-electron chi connectivity index (χ0n) is 16.7. The summed E-state index contributed by atoms with van der Waals surface area (Å²) in [5, 5.41) is 0. The van der Waals surface area contributed by atoms with E-state index < -0.39 is 7.26 Å². The van der Waals surface area contributed by atoms with E-state index >= 15 is 0 Å². The molecule has 0 aromatic heterocycles. The molecule has 2 rings (SSSR count). The minimum atomic E-state index is -0.999. The minimum Gasteiger partial charge on any atom is -1.00 e. The van der Waals surface area contributed by atoms with E-state index in [-0.39, 0.29) is 24.0 Å². The maximum absolute atomic E-state index is 2.35. The number of halogens is 1. The zero-order valence-corrected chi connectivity index (χ0v) is 19.7. The lowest BCUT2D eigenvalue weighted by atomic mass is 10.2. The van der Waals surface area contributed by atoms with Crippen LogP contribution in [-0.4, -0.2) is 12.3 Å². The second-order valence-electron chi connectivity index (χ2n) is 7.49. The molecule has 0 saturated heterocycles. The molecule has 0 bridgehead atoms. The molecule has 0 radical (unpaired) electrons. The van der Waals surface area contributed by atoms with Gasteiger partial charge in [0.25, 0.3) is 0 Å². The Labute approximate surface area is 179 Å². The average Bonchev–Trinajstić information content (AvgIpc) is 2.64. The summed E-state index contributed by atoms with van der Waals surface area (Å²) in [6, 6.07) is 22.5. The summed E-state index contributed by atoms with van der Waals surface area (Å²) in [5.74, 6) is 0. The maximum Gasteiger partial charge on any atom is 0.0846 e. The molecular formula is C24H36IP. The second kappa shape index (κ2) is 13.7. The normalized spacial score (nSPS) is 11.2. The molecule has 26 heavy (non-hydrogen) atoms. The summed E-state index contributed by atoms with van der Waals surface area (Å²) in [5.41, 5.74) is 3.11. The fourth-order valence-corrected chi connectivity index (χ4v) is 8.55. The number of benzene rings is 2. The summed E-state index contributed by atoms with van der Waals surface area (Å²) in [4.78, 5) is 0. The van der Waals surface area contributed by atoms with Crippen LogP contribution in [-0.2, 0) is 12.3 Å². The average molecular weight is 482 g/mol. The molecule has 0 aliphatic heterocycles. The van der Waals surface area contributed by atoms with Crippen molar-refractivity contribution < 1.29 is 24.0 Å². The number of rotatable bonds is 12. The van der Waals surface area contributed by atoms with Gasteiger partial charge in [0.2, 0.25) is 0 Å². The SMILES string of the molecule is CCCCC[P+](CCCCC)(Cc1ccccc1)Cc1ccccc1.[I-]. The highest BCUT2D eigenvalue weighted by molar-refractivity contribution is 7.74. The number of unbranched alkanes of at least 4 members (excludes halogenated alkanes) is 4. The van der Waals surface area contributed by atoms with Crippen molar-refractivity contribution >= 4 is 7.26 Å². The van der Waals surface area contributed by atoms with Crippen molar-refractivity contribution in [2.75, 3.05) is 12.3 Å². The van der Waals surface area contributed by atoms with E-state index in [9.17, 15) is 0 Å². The Kier molecular flexibility index (Phi) is 12.5. The largest absolute Gasteiger partial charge is 1.00 e. The van der Waals surface area contributed by atoms with Crippen molar-refractivity contribution in [2.45, 2.75) is 64.7 Å². The molecule has 0 nitrogen and oxygen atoms in total. The van der Waals surface area contributed by atoms with Crippen molar-refractivity contribution in [3.63, 3.8) is 0 Å². The lowest BCUT2D eigenvalue weighted by Crippen LogP contribution is -3.00. The van der Waals surface area contributed by atoms with Crippen molar-refractivity contribution in [1.29, 1.82) is 0 Å². The van der Waals surface area contributed by atoms with E-state index in [0.29, 0.717) is 0 Å². The first-order chi connectivity index (χ1) is 12.3. The fourth-order valence-electron chi connectivity index (χ4n) is 3.82. The Morgan fingerprint density at radius 1 is 0.577 bits per heavy atom. The predicted molar refractivity (Wildman–Crippen MR) is 116 cm³/mol. The van der Waals surface area contributed by atoms with Crippen LogP contribution in [0.1, 0.15) is 63.5 Å². The highest BCUT2D eigenvalue weighted by Crippen LogP contribution is 2.65. The van der Waals surface area contributed by atoms with E-state index in [1.807, 2.05) is 0 Å². The van der Waals surface area contributed by atoms with E-state index in [4.69, 9.17) is 0 Å². The summed E-state index contributed by atoms with van der Waals surface area (Å²) in [6.45, 7) is 4.65. The molecule has 0 heterocycles. The van der Waals surface area contributed by atoms with Gasteiger partial charge in [-0.15, -0.1) is 0 Å². The van der Waals surface area contributed by atoms with Gasteiger partial charge in [-0.3, -0.25) is 0 Å². The van der Waals surface area contributed by atoms with Gasteiger partial charge in [0, 0.05) is 7.26 Å². The van der Waals surface area contributed by atoms with Gasteiger partial charge < -0.3 is 24.0 Å². The van der Waals surface area contributed by atoms with Gasteiger partial charge in [-0.1, -0.05) is 100 Å². The molecule has 0 spiro atoms. The first-order valence-corrected chi connectivity index (χ1v) is 12.7.